The summed E-state index contributed by atoms with van der Waals surface area (Å²) in [6.45, 7) is 0. The van der Waals surface area contributed by atoms with Crippen molar-refractivity contribution in [1.29, 1.82) is 0 Å². The van der Waals surface area contributed by atoms with E-state index in [9.17, 15) is 9.59 Å². The fraction of sp³-hybridized carbons (Fsp3) is 0.750. The molecule has 0 N–H and O–H groups in total. The Hall–Kier alpha value is 0.0400. The molecule has 1 aliphatic carbocycles. The van der Waals surface area contributed by atoms with Crippen LogP contribution in [0.25, 0.3) is 0 Å². The molecule has 2 aliphatic rings. The lowest BCUT2D eigenvalue weighted by Gasteiger charge is -2.21. The Morgan fingerprint density at radius 1 is 1.42 bits per heavy atom. The summed E-state index contributed by atoms with van der Waals surface area (Å²) < 4.78 is 0.582. The number of thioether (sulfide) groups is 2. The second kappa shape index (κ2) is 3.42. The molecule has 1 aliphatic heterocycles. The number of carbonyl (C=O) groups is 2. The van der Waals surface area contributed by atoms with Crippen LogP contribution in [0.1, 0.15) is 25.7 Å². The molecule has 12 heavy (non-hydrogen) atoms. The molecule has 0 aromatic rings. The molecule has 66 valence electrons. The molecule has 2 rings (SSSR count). The lowest BCUT2D eigenvalue weighted by atomic mass is 10.1. The second-order valence-electron chi connectivity index (χ2n) is 3.19. The van der Waals surface area contributed by atoms with E-state index in [4.69, 9.17) is 0 Å². The molecule has 0 bridgehead atoms. The predicted molar refractivity (Wildman–Crippen MR) is 51.3 cm³/mol. The highest BCUT2D eigenvalue weighted by atomic mass is 32.3. The standard InChI is InChI=1S/C8H10O2S2/c9-6(5-1-2-5)3-4-7-11-8(10)12-7/h5,7H,1-4H2. The monoisotopic (exact) mass is 202 g/mol. The molecule has 0 spiro atoms. The number of ketones is 1. The van der Waals surface area contributed by atoms with Crippen LogP contribution >= 0.6 is 23.5 Å². The average Bonchev–Trinajstić information content (AvgIpc) is 2.77. The van der Waals surface area contributed by atoms with Gasteiger partial charge in [-0.1, -0.05) is 23.5 Å². The molecular formula is C8H10O2S2. The number of rotatable bonds is 4. The van der Waals surface area contributed by atoms with Crippen molar-refractivity contribution in [2.45, 2.75) is 30.3 Å². The highest BCUT2D eigenvalue weighted by Gasteiger charge is 2.32. The van der Waals surface area contributed by atoms with Gasteiger partial charge in [-0.3, -0.25) is 9.59 Å². The van der Waals surface area contributed by atoms with Crippen molar-refractivity contribution < 1.29 is 9.59 Å². The van der Waals surface area contributed by atoms with Gasteiger partial charge in [-0.2, -0.15) is 0 Å². The predicted octanol–water partition coefficient (Wildman–Crippen LogP) is 2.67. The number of carbonyl (C=O) groups excluding carboxylic acids is 2. The van der Waals surface area contributed by atoms with E-state index in [1.165, 1.54) is 23.5 Å². The summed E-state index contributed by atoms with van der Waals surface area (Å²) in [4.78, 5) is 21.8. The first kappa shape index (κ1) is 8.63. The first-order valence-electron chi connectivity index (χ1n) is 4.15. The van der Waals surface area contributed by atoms with Crippen molar-refractivity contribution in [1.82, 2.24) is 0 Å². The third kappa shape index (κ3) is 2.04. The molecule has 0 aromatic carbocycles. The molecular weight excluding hydrogens is 192 g/mol. The van der Waals surface area contributed by atoms with Crippen LogP contribution in [0.4, 0.5) is 4.79 Å². The minimum atomic E-state index is 0.207. The first-order valence-corrected chi connectivity index (χ1v) is 5.91. The second-order valence-corrected chi connectivity index (χ2v) is 6.10. The fourth-order valence-corrected chi connectivity index (χ4v) is 3.06. The van der Waals surface area contributed by atoms with E-state index < -0.39 is 0 Å². The normalized spacial score (nSPS) is 23.8. The van der Waals surface area contributed by atoms with Crippen LogP contribution in [0.2, 0.25) is 0 Å². The Labute approximate surface area is 79.9 Å². The smallest absolute Gasteiger partial charge is 0.248 e. The topological polar surface area (TPSA) is 34.1 Å². The van der Waals surface area contributed by atoms with Crippen molar-refractivity contribution in [2.75, 3.05) is 0 Å². The quantitative estimate of drug-likeness (QED) is 0.702. The summed E-state index contributed by atoms with van der Waals surface area (Å²) in [5.41, 5.74) is 0. The summed E-state index contributed by atoms with van der Waals surface area (Å²) in [7, 11) is 0. The lowest BCUT2D eigenvalue weighted by molar-refractivity contribution is -0.120. The van der Waals surface area contributed by atoms with Gasteiger partial charge < -0.3 is 0 Å². The summed E-state index contributed by atoms with van der Waals surface area (Å²) in [6, 6.07) is 0. The van der Waals surface area contributed by atoms with Gasteiger partial charge in [0.2, 0.25) is 4.45 Å². The van der Waals surface area contributed by atoms with Gasteiger partial charge >= 0.3 is 0 Å². The van der Waals surface area contributed by atoms with E-state index in [0.717, 1.165) is 19.3 Å². The molecule has 1 saturated heterocycles. The van der Waals surface area contributed by atoms with Crippen LogP contribution in [0.15, 0.2) is 0 Å². The zero-order valence-corrected chi connectivity index (χ0v) is 8.25. The van der Waals surface area contributed by atoms with Crippen molar-refractivity contribution in [3.8, 4) is 0 Å². The van der Waals surface area contributed by atoms with E-state index in [0.29, 0.717) is 22.7 Å². The maximum atomic E-state index is 11.2. The minimum Gasteiger partial charge on any atom is -0.299 e. The Balaban J connectivity index is 1.62. The molecule has 0 atom stereocenters. The Kier molecular flexibility index (Phi) is 2.46. The SMILES string of the molecule is O=C1SC(CCC(=O)C2CC2)S1. The molecule has 1 saturated carbocycles. The van der Waals surface area contributed by atoms with Gasteiger partial charge in [0.15, 0.2) is 0 Å². The average molecular weight is 202 g/mol. The third-order valence-corrected chi connectivity index (χ3v) is 4.65. The zero-order valence-electron chi connectivity index (χ0n) is 6.62. The molecule has 2 nitrogen and oxygen atoms in total. The summed E-state index contributed by atoms with van der Waals surface area (Å²) in [5, 5.41) is 0. The third-order valence-electron chi connectivity index (χ3n) is 2.11. The summed E-state index contributed by atoms with van der Waals surface area (Å²) >= 11 is 2.75. The molecule has 0 radical (unpaired) electrons. The van der Waals surface area contributed by atoms with E-state index in [1.54, 1.807) is 0 Å². The molecule has 0 unspecified atom stereocenters. The van der Waals surface area contributed by atoms with Crippen molar-refractivity contribution in [3.05, 3.63) is 0 Å². The van der Waals surface area contributed by atoms with E-state index in [2.05, 4.69) is 0 Å². The maximum absolute atomic E-state index is 11.2. The number of hydrogen-bond donors (Lipinski definition) is 0. The van der Waals surface area contributed by atoms with Crippen LogP contribution < -0.4 is 0 Å². The highest BCUT2D eigenvalue weighted by Crippen LogP contribution is 2.44. The van der Waals surface area contributed by atoms with Crippen molar-refractivity contribution in [2.24, 2.45) is 5.92 Å². The van der Waals surface area contributed by atoms with Crippen LogP contribution in [-0.2, 0) is 4.79 Å². The minimum absolute atomic E-state index is 0.207. The lowest BCUT2D eigenvalue weighted by Crippen LogP contribution is -2.14. The number of Topliss-reactive ketones (excluding diaryl/α,β-unsaturated/α-hetero) is 1. The van der Waals surface area contributed by atoms with Gasteiger partial charge in [0.05, 0.1) is 4.58 Å². The van der Waals surface area contributed by atoms with Crippen molar-refractivity contribution >= 4 is 33.8 Å². The first-order chi connectivity index (χ1) is 5.75. The van der Waals surface area contributed by atoms with Gasteiger partial charge in [-0.05, 0) is 19.3 Å². The molecule has 0 aromatic heterocycles. The highest BCUT2D eigenvalue weighted by molar-refractivity contribution is 8.53. The molecule has 0 amide bonds. The van der Waals surface area contributed by atoms with Gasteiger partial charge in [0, 0.05) is 12.3 Å². The Bertz CT molecular complexity index is 215. The summed E-state index contributed by atoms with van der Waals surface area (Å²) in [6.07, 6.45) is 3.77. The van der Waals surface area contributed by atoms with Crippen molar-refractivity contribution in [3.63, 3.8) is 0 Å². The van der Waals surface area contributed by atoms with Crippen LogP contribution in [0.3, 0.4) is 0 Å². The van der Waals surface area contributed by atoms with Crippen LogP contribution in [0, 0.1) is 5.92 Å². The largest absolute Gasteiger partial charge is 0.299 e. The van der Waals surface area contributed by atoms with Gasteiger partial charge in [0.25, 0.3) is 0 Å². The maximum Gasteiger partial charge on any atom is 0.248 e. The van der Waals surface area contributed by atoms with E-state index >= 15 is 0 Å². The number of hydrogen-bond acceptors (Lipinski definition) is 4. The van der Waals surface area contributed by atoms with Gasteiger partial charge in [0.1, 0.15) is 5.78 Å². The van der Waals surface area contributed by atoms with E-state index in [1.807, 2.05) is 0 Å². The molecule has 4 heteroatoms. The Morgan fingerprint density at radius 2 is 2.08 bits per heavy atom. The van der Waals surface area contributed by atoms with Crippen LogP contribution in [0.5, 0.6) is 0 Å². The molecule has 1 heterocycles. The van der Waals surface area contributed by atoms with E-state index in [-0.39, 0.29) is 4.45 Å². The zero-order chi connectivity index (χ0) is 8.55. The van der Waals surface area contributed by atoms with Gasteiger partial charge in [-0.25, -0.2) is 0 Å². The molecule has 2 fully saturated rings. The Morgan fingerprint density at radius 3 is 2.58 bits per heavy atom. The summed E-state index contributed by atoms with van der Waals surface area (Å²) in [5.74, 6) is 0.798. The van der Waals surface area contributed by atoms with Crippen LogP contribution in [-0.4, -0.2) is 14.8 Å². The van der Waals surface area contributed by atoms with Gasteiger partial charge in [-0.15, -0.1) is 0 Å². The fourth-order valence-electron chi connectivity index (χ4n) is 1.21.